The normalized spacial score (nSPS) is 19.1. The van der Waals surface area contributed by atoms with Crippen LogP contribution < -0.4 is 0 Å². The van der Waals surface area contributed by atoms with Gasteiger partial charge < -0.3 is 9.84 Å². The summed E-state index contributed by atoms with van der Waals surface area (Å²) in [7, 11) is 2.38. The van der Waals surface area contributed by atoms with Gasteiger partial charge in [0.1, 0.15) is 22.9 Å². The van der Waals surface area contributed by atoms with Gasteiger partial charge in [0.15, 0.2) is 0 Å². The molecule has 17 heavy (non-hydrogen) atoms. The Balaban J connectivity index is 5.06. The van der Waals surface area contributed by atoms with Crippen molar-refractivity contribution in [2.75, 3.05) is 0 Å². The molecule has 0 aromatic carbocycles. The molecule has 2 nitrogen and oxygen atoms in total. The Labute approximate surface area is 105 Å². The zero-order chi connectivity index (χ0) is 13.6. The molecule has 98 valence electrons. The molecule has 0 amide bonds. The zero-order valence-corrected chi connectivity index (χ0v) is 12.1. The van der Waals surface area contributed by atoms with E-state index in [0.717, 1.165) is 0 Å². The third kappa shape index (κ3) is 5.36. The Bertz CT molecular complexity index is 334. The molecule has 3 unspecified atom stereocenters. The molecule has 3 atom stereocenters. The summed E-state index contributed by atoms with van der Waals surface area (Å²) in [5.41, 5.74) is -1.02. The molecule has 0 aliphatic heterocycles. The fourth-order valence-electron chi connectivity index (χ4n) is 1.29. The first kappa shape index (κ1) is 16.2. The topological polar surface area (TPSA) is 29.5 Å². The fraction of sp³-hybridized carbons (Fsp3) is 0.538. The van der Waals surface area contributed by atoms with Gasteiger partial charge in [-0.15, -0.1) is 9.24 Å². The quantitative estimate of drug-likeness (QED) is 0.439. The molecule has 0 aromatic rings. The maximum absolute atomic E-state index is 13.6. The third-order valence-corrected chi connectivity index (χ3v) is 2.78. The lowest BCUT2D eigenvalue weighted by atomic mass is 10.0. The first-order valence-corrected chi connectivity index (χ1v) is 6.27. The van der Waals surface area contributed by atoms with Gasteiger partial charge in [0.2, 0.25) is 0 Å². The van der Waals surface area contributed by atoms with Crippen molar-refractivity contribution in [1.82, 2.24) is 0 Å². The lowest BCUT2D eigenvalue weighted by molar-refractivity contribution is 0.0511. The predicted octanol–water partition coefficient (Wildman–Crippen LogP) is 4.26. The average Bonchev–Trinajstić information content (AvgIpc) is 2.27. The van der Waals surface area contributed by atoms with E-state index in [1.807, 2.05) is 6.92 Å². The van der Waals surface area contributed by atoms with E-state index in [1.54, 1.807) is 20.8 Å². The summed E-state index contributed by atoms with van der Waals surface area (Å²) in [5, 5.41) is 9.43. The van der Waals surface area contributed by atoms with Crippen molar-refractivity contribution in [3.63, 3.8) is 0 Å². The average molecular weight is 260 g/mol. The van der Waals surface area contributed by atoms with E-state index in [2.05, 4.69) is 15.8 Å². The number of ether oxygens (including phenoxy) is 1. The van der Waals surface area contributed by atoms with Crippen LogP contribution in [0.4, 0.5) is 4.39 Å². The maximum atomic E-state index is 13.6. The van der Waals surface area contributed by atoms with Gasteiger partial charge >= 0.3 is 0 Å². The number of aliphatic hydroxyl groups excluding tert-OH is 1. The largest absolute Gasteiger partial charge is 0.508 e. The van der Waals surface area contributed by atoms with Crippen molar-refractivity contribution in [3.8, 4) is 0 Å². The Morgan fingerprint density at radius 1 is 1.65 bits per heavy atom. The molecule has 0 heterocycles. The van der Waals surface area contributed by atoms with Crippen LogP contribution in [0.15, 0.2) is 36.1 Å². The van der Waals surface area contributed by atoms with Crippen LogP contribution in [-0.2, 0) is 4.74 Å². The van der Waals surface area contributed by atoms with Gasteiger partial charge in [-0.25, -0.2) is 4.39 Å². The monoisotopic (exact) mass is 260 g/mol. The minimum Gasteiger partial charge on any atom is -0.508 e. The van der Waals surface area contributed by atoms with Crippen LogP contribution in [0, 0.1) is 0 Å². The molecule has 0 aliphatic carbocycles. The molecule has 0 saturated heterocycles. The second-order valence-corrected chi connectivity index (χ2v) is 5.23. The van der Waals surface area contributed by atoms with Gasteiger partial charge in [-0.1, -0.05) is 20.4 Å². The second kappa shape index (κ2) is 6.80. The van der Waals surface area contributed by atoms with Crippen LogP contribution in [0.2, 0.25) is 0 Å². The maximum Gasteiger partial charge on any atom is 0.144 e. The van der Waals surface area contributed by atoms with Crippen LogP contribution in [0.1, 0.15) is 34.1 Å². The molecule has 0 aromatic heterocycles. The van der Waals surface area contributed by atoms with Crippen LogP contribution in [0.25, 0.3) is 0 Å². The smallest absolute Gasteiger partial charge is 0.144 e. The molecule has 0 saturated carbocycles. The molecule has 4 heteroatoms. The highest BCUT2D eigenvalue weighted by Crippen LogP contribution is 2.26. The number of hydrogen-bond acceptors (Lipinski definition) is 2. The Kier molecular flexibility index (Phi) is 6.48. The van der Waals surface area contributed by atoms with Gasteiger partial charge in [0.25, 0.3) is 0 Å². The van der Waals surface area contributed by atoms with E-state index in [1.165, 1.54) is 12.2 Å². The Morgan fingerprint density at radius 2 is 2.18 bits per heavy atom. The minimum atomic E-state index is -0.737. The van der Waals surface area contributed by atoms with E-state index < -0.39 is 5.60 Å². The molecule has 0 spiro atoms. The summed E-state index contributed by atoms with van der Waals surface area (Å²) in [6.07, 6.45) is 3.47. The van der Waals surface area contributed by atoms with Crippen molar-refractivity contribution in [2.45, 2.75) is 45.4 Å². The van der Waals surface area contributed by atoms with Crippen LogP contribution in [0.5, 0.6) is 0 Å². The number of allylic oxidation sites excluding steroid dienone is 3. The van der Waals surface area contributed by atoms with E-state index in [0.29, 0.717) is 6.42 Å². The highest BCUT2D eigenvalue weighted by atomic mass is 31.0. The summed E-state index contributed by atoms with van der Waals surface area (Å²) < 4.78 is 19.2. The SMILES string of the molecule is C=C/C(O)=C\C(C)(CC)O/C(C)=C(\F)C(C)P. The first-order valence-electron chi connectivity index (χ1n) is 5.61. The zero-order valence-electron chi connectivity index (χ0n) is 11.0. The van der Waals surface area contributed by atoms with E-state index in [9.17, 15) is 9.50 Å². The molecular formula is C13H22FO2P. The van der Waals surface area contributed by atoms with Gasteiger partial charge in [-0.05, 0) is 26.3 Å². The Hall–Kier alpha value is -0.820. The van der Waals surface area contributed by atoms with Crippen LogP contribution >= 0.6 is 9.24 Å². The van der Waals surface area contributed by atoms with Gasteiger partial charge in [0, 0.05) is 11.7 Å². The molecule has 0 fully saturated rings. The lowest BCUT2D eigenvalue weighted by Crippen LogP contribution is -2.25. The van der Waals surface area contributed by atoms with E-state index >= 15 is 0 Å². The number of rotatable bonds is 6. The van der Waals surface area contributed by atoms with Gasteiger partial charge in [0.05, 0.1) is 0 Å². The minimum absolute atomic E-state index is 0.0291. The van der Waals surface area contributed by atoms with E-state index in [4.69, 9.17) is 4.74 Å². The summed E-state index contributed by atoms with van der Waals surface area (Å²) in [6, 6.07) is 0. The highest BCUT2D eigenvalue weighted by Gasteiger charge is 2.23. The summed E-state index contributed by atoms with van der Waals surface area (Å²) in [5.74, 6) is -0.0346. The number of halogens is 1. The van der Waals surface area contributed by atoms with Crippen molar-refractivity contribution in [3.05, 3.63) is 36.1 Å². The summed E-state index contributed by atoms with van der Waals surface area (Å²) in [4.78, 5) is 0. The number of aliphatic hydroxyl groups is 1. The van der Waals surface area contributed by atoms with Gasteiger partial charge in [-0.3, -0.25) is 0 Å². The molecule has 0 radical (unpaired) electrons. The van der Waals surface area contributed by atoms with Crippen molar-refractivity contribution in [1.29, 1.82) is 0 Å². The molecule has 0 aliphatic rings. The Morgan fingerprint density at radius 3 is 2.53 bits per heavy atom. The fourth-order valence-corrected chi connectivity index (χ4v) is 1.53. The standard InChI is InChI=1S/C13H22FO2P/c1-6-11(15)8-13(5,7-2)16-9(3)12(14)10(4)17/h6,8,10,15H,1,7,17H2,2-5H3/b11-8+,12-9-. The highest BCUT2D eigenvalue weighted by molar-refractivity contribution is 7.17. The lowest BCUT2D eigenvalue weighted by Gasteiger charge is -2.27. The molecule has 1 N–H and O–H groups in total. The van der Waals surface area contributed by atoms with E-state index in [-0.39, 0.29) is 23.0 Å². The summed E-state index contributed by atoms with van der Waals surface area (Å²) in [6.45, 7) is 10.5. The van der Waals surface area contributed by atoms with Crippen LogP contribution in [-0.4, -0.2) is 16.4 Å². The summed E-state index contributed by atoms with van der Waals surface area (Å²) >= 11 is 0. The van der Waals surface area contributed by atoms with Crippen molar-refractivity contribution in [2.24, 2.45) is 0 Å². The third-order valence-electron chi connectivity index (χ3n) is 2.49. The molecule has 0 bridgehead atoms. The molecule has 0 rings (SSSR count). The predicted molar refractivity (Wildman–Crippen MR) is 73.7 cm³/mol. The first-order chi connectivity index (χ1) is 7.75. The van der Waals surface area contributed by atoms with Crippen molar-refractivity contribution < 1.29 is 14.2 Å². The number of hydrogen-bond donors (Lipinski definition) is 1. The molecular weight excluding hydrogens is 238 g/mol. The van der Waals surface area contributed by atoms with Gasteiger partial charge in [-0.2, -0.15) is 0 Å². The van der Waals surface area contributed by atoms with Crippen molar-refractivity contribution >= 4 is 9.24 Å². The second-order valence-electron chi connectivity index (χ2n) is 4.23. The van der Waals surface area contributed by atoms with Crippen LogP contribution in [0.3, 0.4) is 0 Å².